The number of nitro benzene ring substituents is 1. The van der Waals surface area contributed by atoms with Crippen molar-refractivity contribution in [1.29, 1.82) is 0 Å². The van der Waals surface area contributed by atoms with Crippen molar-refractivity contribution < 1.29 is 19.2 Å². The Labute approximate surface area is 155 Å². The van der Waals surface area contributed by atoms with Crippen LogP contribution in [0.15, 0.2) is 54.6 Å². The van der Waals surface area contributed by atoms with Crippen LogP contribution in [0.5, 0.6) is 5.75 Å². The van der Waals surface area contributed by atoms with Crippen LogP contribution in [0.2, 0.25) is 0 Å². The number of rotatable bonds is 6. The quantitative estimate of drug-likeness (QED) is 0.623. The zero-order valence-electron chi connectivity index (χ0n) is 14.5. The number of anilines is 1. The number of nitrogens with zero attached hydrogens (tertiary/aromatic N) is 2. The van der Waals surface area contributed by atoms with Gasteiger partial charge in [0.1, 0.15) is 6.04 Å². The first-order chi connectivity index (χ1) is 13.1. The molecule has 140 valence electrons. The van der Waals surface area contributed by atoms with E-state index in [9.17, 15) is 19.7 Å². The van der Waals surface area contributed by atoms with Gasteiger partial charge in [0.15, 0.2) is 12.4 Å². The number of nitrogens with one attached hydrogen (secondary N) is 1. The van der Waals surface area contributed by atoms with Crippen molar-refractivity contribution in [3.63, 3.8) is 0 Å². The number of carbonyl (C=O) groups is 2. The van der Waals surface area contributed by atoms with E-state index in [1.807, 2.05) is 18.2 Å². The summed E-state index contributed by atoms with van der Waals surface area (Å²) in [6.45, 7) is 0.0892. The average molecular weight is 369 g/mol. The topological polar surface area (TPSA) is 102 Å². The number of para-hydroxylation sites is 3. The van der Waals surface area contributed by atoms with Gasteiger partial charge in [-0.25, -0.2) is 0 Å². The van der Waals surface area contributed by atoms with Crippen LogP contribution in [0.3, 0.4) is 0 Å². The minimum atomic E-state index is -0.577. The van der Waals surface area contributed by atoms with Gasteiger partial charge in [-0.15, -0.1) is 0 Å². The van der Waals surface area contributed by atoms with Gasteiger partial charge < -0.3 is 15.0 Å². The molecule has 2 aromatic rings. The maximum Gasteiger partial charge on any atom is 0.310 e. The first kappa shape index (κ1) is 18.4. The Morgan fingerprint density at radius 3 is 2.59 bits per heavy atom. The highest BCUT2D eigenvalue weighted by Crippen LogP contribution is 2.26. The fourth-order valence-electron chi connectivity index (χ4n) is 3.04. The normalized spacial score (nSPS) is 16.0. The first-order valence-corrected chi connectivity index (χ1v) is 8.58. The molecular formula is C19H19N3O5. The molecule has 1 aliphatic rings. The summed E-state index contributed by atoms with van der Waals surface area (Å²) in [7, 11) is 0. The molecule has 8 heteroatoms. The summed E-state index contributed by atoms with van der Waals surface area (Å²) >= 11 is 0. The number of hydrogen-bond donors (Lipinski definition) is 1. The lowest BCUT2D eigenvalue weighted by molar-refractivity contribution is -0.385. The van der Waals surface area contributed by atoms with Crippen LogP contribution >= 0.6 is 0 Å². The zero-order valence-corrected chi connectivity index (χ0v) is 14.5. The van der Waals surface area contributed by atoms with Gasteiger partial charge >= 0.3 is 5.69 Å². The molecule has 0 aromatic heterocycles. The van der Waals surface area contributed by atoms with Crippen LogP contribution in [0.4, 0.5) is 11.4 Å². The predicted octanol–water partition coefficient (Wildman–Crippen LogP) is 2.60. The number of benzene rings is 2. The second-order valence-electron chi connectivity index (χ2n) is 6.11. The molecule has 1 saturated heterocycles. The van der Waals surface area contributed by atoms with Crippen LogP contribution in [0.1, 0.15) is 12.8 Å². The third kappa shape index (κ3) is 4.41. The summed E-state index contributed by atoms with van der Waals surface area (Å²) in [5.74, 6) is -0.600. The minimum Gasteiger partial charge on any atom is -0.477 e. The molecule has 1 atom stereocenters. The van der Waals surface area contributed by atoms with Crippen molar-refractivity contribution in [1.82, 2.24) is 4.90 Å². The molecule has 3 rings (SSSR count). The van der Waals surface area contributed by atoms with Gasteiger partial charge in [-0.1, -0.05) is 30.3 Å². The van der Waals surface area contributed by atoms with Crippen LogP contribution in [-0.4, -0.2) is 40.8 Å². The van der Waals surface area contributed by atoms with Gasteiger partial charge in [0, 0.05) is 18.3 Å². The van der Waals surface area contributed by atoms with E-state index in [1.165, 1.54) is 23.1 Å². The highest BCUT2D eigenvalue weighted by Gasteiger charge is 2.34. The number of nitro groups is 1. The predicted molar refractivity (Wildman–Crippen MR) is 98.4 cm³/mol. The lowest BCUT2D eigenvalue weighted by Gasteiger charge is -2.24. The minimum absolute atomic E-state index is 0.0281. The highest BCUT2D eigenvalue weighted by atomic mass is 16.6. The monoisotopic (exact) mass is 369 g/mol. The van der Waals surface area contributed by atoms with Crippen molar-refractivity contribution in [2.45, 2.75) is 18.9 Å². The van der Waals surface area contributed by atoms with E-state index < -0.39 is 11.0 Å². The molecule has 0 spiro atoms. The summed E-state index contributed by atoms with van der Waals surface area (Å²) in [5.41, 5.74) is 0.461. The molecule has 1 fully saturated rings. The van der Waals surface area contributed by atoms with E-state index in [4.69, 9.17) is 4.74 Å². The number of ether oxygens (including phenoxy) is 1. The van der Waals surface area contributed by atoms with Crippen molar-refractivity contribution in [2.24, 2.45) is 0 Å². The lowest BCUT2D eigenvalue weighted by Crippen LogP contribution is -2.45. The van der Waals surface area contributed by atoms with Crippen molar-refractivity contribution in [3.05, 3.63) is 64.7 Å². The number of hydrogen-bond acceptors (Lipinski definition) is 5. The molecular weight excluding hydrogens is 350 g/mol. The molecule has 0 bridgehead atoms. The first-order valence-electron chi connectivity index (χ1n) is 8.58. The molecule has 0 aliphatic carbocycles. The van der Waals surface area contributed by atoms with E-state index in [0.717, 1.165) is 0 Å². The largest absolute Gasteiger partial charge is 0.477 e. The van der Waals surface area contributed by atoms with E-state index in [0.29, 0.717) is 25.1 Å². The molecule has 1 aliphatic heterocycles. The van der Waals surface area contributed by atoms with Gasteiger partial charge in [0.25, 0.3) is 5.91 Å². The average Bonchev–Trinajstić information content (AvgIpc) is 3.17. The SMILES string of the molecule is O=C(Nc1ccccc1)[C@H]1CCCN1C(=O)COc1ccccc1[N+](=O)[O-]. The van der Waals surface area contributed by atoms with Gasteiger partial charge in [0.05, 0.1) is 4.92 Å². The maximum atomic E-state index is 12.5. The summed E-state index contributed by atoms with van der Waals surface area (Å²) in [4.78, 5) is 36.9. The Morgan fingerprint density at radius 2 is 1.85 bits per heavy atom. The molecule has 0 saturated carbocycles. The van der Waals surface area contributed by atoms with Crippen LogP contribution in [0.25, 0.3) is 0 Å². The van der Waals surface area contributed by atoms with Gasteiger partial charge in [0.2, 0.25) is 5.91 Å². The third-order valence-electron chi connectivity index (χ3n) is 4.33. The Balaban J connectivity index is 1.62. The molecule has 27 heavy (non-hydrogen) atoms. The van der Waals surface area contributed by atoms with Crippen molar-refractivity contribution >= 4 is 23.2 Å². The number of likely N-dealkylation sites (tertiary alicyclic amines) is 1. The Kier molecular flexibility index (Phi) is 5.65. The Hall–Kier alpha value is -3.42. The van der Waals surface area contributed by atoms with Crippen LogP contribution in [0, 0.1) is 10.1 Å². The molecule has 1 heterocycles. The number of amides is 2. The molecule has 1 N–H and O–H groups in total. The van der Waals surface area contributed by atoms with E-state index in [1.54, 1.807) is 18.2 Å². The van der Waals surface area contributed by atoms with E-state index in [2.05, 4.69) is 5.32 Å². The lowest BCUT2D eigenvalue weighted by atomic mass is 10.2. The summed E-state index contributed by atoms with van der Waals surface area (Å²) in [6.07, 6.45) is 1.28. The summed E-state index contributed by atoms with van der Waals surface area (Å²) < 4.78 is 5.35. The summed E-state index contributed by atoms with van der Waals surface area (Å²) in [5, 5.41) is 13.8. The molecule has 0 radical (unpaired) electrons. The van der Waals surface area contributed by atoms with Crippen LogP contribution < -0.4 is 10.1 Å². The second-order valence-corrected chi connectivity index (χ2v) is 6.11. The van der Waals surface area contributed by atoms with Crippen molar-refractivity contribution in [3.8, 4) is 5.75 Å². The fraction of sp³-hybridized carbons (Fsp3) is 0.263. The number of carbonyl (C=O) groups excluding carboxylic acids is 2. The standard InChI is InChI=1S/C19H19N3O5/c23-18(13-27-17-11-5-4-9-15(17)22(25)26)21-12-6-10-16(21)19(24)20-14-7-2-1-3-8-14/h1-5,7-9,11,16H,6,10,12-13H2,(H,20,24)/t16-/m1/s1. The fourth-order valence-corrected chi connectivity index (χ4v) is 3.04. The van der Waals surface area contributed by atoms with Crippen LogP contribution in [-0.2, 0) is 9.59 Å². The maximum absolute atomic E-state index is 12.5. The van der Waals surface area contributed by atoms with E-state index >= 15 is 0 Å². The molecule has 2 amide bonds. The highest BCUT2D eigenvalue weighted by molar-refractivity contribution is 5.97. The van der Waals surface area contributed by atoms with Gasteiger partial charge in [-0.2, -0.15) is 0 Å². The van der Waals surface area contributed by atoms with Gasteiger partial charge in [-0.3, -0.25) is 19.7 Å². The third-order valence-corrected chi connectivity index (χ3v) is 4.33. The molecule has 8 nitrogen and oxygen atoms in total. The Bertz CT molecular complexity index is 840. The van der Waals surface area contributed by atoms with Crippen molar-refractivity contribution in [2.75, 3.05) is 18.5 Å². The zero-order chi connectivity index (χ0) is 19.2. The van der Waals surface area contributed by atoms with E-state index in [-0.39, 0.29) is 29.9 Å². The second kappa shape index (κ2) is 8.31. The van der Waals surface area contributed by atoms with Gasteiger partial charge in [-0.05, 0) is 31.0 Å². The summed E-state index contributed by atoms with van der Waals surface area (Å²) in [6, 6.07) is 14.3. The smallest absolute Gasteiger partial charge is 0.310 e. The molecule has 2 aromatic carbocycles. The Morgan fingerprint density at radius 1 is 1.15 bits per heavy atom. The molecule has 0 unspecified atom stereocenters.